The van der Waals surface area contributed by atoms with Crippen LogP contribution in [0, 0.1) is 0 Å². The van der Waals surface area contributed by atoms with Gasteiger partial charge in [0, 0.05) is 12.6 Å². The molecule has 1 fully saturated rings. The van der Waals surface area contributed by atoms with E-state index in [2.05, 4.69) is 17.1 Å². The lowest BCUT2D eigenvalue weighted by atomic mass is 10.1. The fraction of sp³-hybridized carbons (Fsp3) is 0.923. The van der Waals surface area contributed by atoms with Crippen LogP contribution in [0.3, 0.4) is 0 Å². The highest BCUT2D eigenvalue weighted by atomic mass is 16.5. The number of likely N-dealkylation sites (N-methyl/N-ethyl adjacent to an activating group) is 1. The summed E-state index contributed by atoms with van der Waals surface area (Å²) in [7, 11) is 0. The van der Waals surface area contributed by atoms with Gasteiger partial charge in [-0.25, -0.2) is 0 Å². The van der Waals surface area contributed by atoms with E-state index in [9.17, 15) is 4.79 Å². The van der Waals surface area contributed by atoms with Gasteiger partial charge >= 0.3 is 5.97 Å². The van der Waals surface area contributed by atoms with E-state index >= 15 is 0 Å². The van der Waals surface area contributed by atoms with Gasteiger partial charge in [0.1, 0.15) is 6.04 Å². The highest BCUT2D eigenvalue weighted by Crippen LogP contribution is 2.19. The van der Waals surface area contributed by atoms with Gasteiger partial charge in [-0.3, -0.25) is 9.69 Å². The van der Waals surface area contributed by atoms with Crippen LogP contribution in [0.25, 0.3) is 0 Å². The molecule has 1 N–H and O–H groups in total. The van der Waals surface area contributed by atoms with Crippen LogP contribution in [0.1, 0.15) is 40.0 Å². The number of nitrogens with zero attached hydrogens (tertiary/aromatic N) is 1. The summed E-state index contributed by atoms with van der Waals surface area (Å²) in [4.78, 5) is 14.2. The van der Waals surface area contributed by atoms with Crippen molar-refractivity contribution < 1.29 is 9.53 Å². The SMILES string of the molecule is CCNC(CN1CCCC1CC)C(=O)OCC. The van der Waals surface area contributed by atoms with E-state index in [0.29, 0.717) is 12.6 Å². The number of nitrogens with one attached hydrogen (secondary N) is 1. The van der Waals surface area contributed by atoms with Crippen LogP contribution in [0.4, 0.5) is 0 Å². The maximum Gasteiger partial charge on any atom is 0.324 e. The molecule has 4 nitrogen and oxygen atoms in total. The van der Waals surface area contributed by atoms with Crippen molar-refractivity contribution in [2.75, 3.05) is 26.2 Å². The molecule has 0 aromatic rings. The Labute approximate surface area is 105 Å². The minimum absolute atomic E-state index is 0.115. The third-order valence-corrected chi connectivity index (χ3v) is 3.41. The molecule has 1 saturated heterocycles. The first-order valence-electron chi connectivity index (χ1n) is 6.86. The molecule has 100 valence electrons. The van der Waals surface area contributed by atoms with Crippen LogP contribution >= 0.6 is 0 Å². The van der Waals surface area contributed by atoms with Crippen LogP contribution in [0.5, 0.6) is 0 Å². The van der Waals surface area contributed by atoms with E-state index < -0.39 is 0 Å². The molecule has 1 rings (SSSR count). The largest absolute Gasteiger partial charge is 0.465 e. The molecule has 0 radical (unpaired) electrons. The Balaban J connectivity index is 2.50. The van der Waals surface area contributed by atoms with Crippen LogP contribution in [-0.4, -0.2) is 49.2 Å². The third kappa shape index (κ3) is 4.28. The number of rotatable bonds is 7. The topological polar surface area (TPSA) is 41.6 Å². The molecule has 0 aromatic carbocycles. The van der Waals surface area contributed by atoms with Crippen LogP contribution in [-0.2, 0) is 9.53 Å². The minimum Gasteiger partial charge on any atom is -0.465 e. The van der Waals surface area contributed by atoms with Crippen LogP contribution in [0.2, 0.25) is 0 Å². The first-order chi connectivity index (χ1) is 8.22. The zero-order chi connectivity index (χ0) is 12.7. The van der Waals surface area contributed by atoms with Crippen molar-refractivity contribution >= 4 is 5.97 Å². The molecule has 0 amide bonds. The minimum atomic E-state index is -0.174. The van der Waals surface area contributed by atoms with E-state index in [1.807, 2.05) is 13.8 Å². The highest BCUT2D eigenvalue weighted by molar-refractivity contribution is 5.76. The average Bonchev–Trinajstić information content (AvgIpc) is 2.76. The van der Waals surface area contributed by atoms with E-state index in [1.165, 1.54) is 19.3 Å². The van der Waals surface area contributed by atoms with Crippen molar-refractivity contribution in [3.8, 4) is 0 Å². The van der Waals surface area contributed by atoms with Gasteiger partial charge in [-0.05, 0) is 39.3 Å². The fourth-order valence-electron chi connectivity index (χ4n) is 2.54. The van der Waals surface area contributed by atoms with E-state index in [0.717, 1.165) is 19.6 Å². The molecule has 0 spiro atoms. The van der Waals surface area contributed by atoms with Gasteiger partial charge in [0.2, 0.25) is 0 Å². The predicted molar refractivity (Wildman–Crippen MR) is 69.0 cm³/mol. The van der Waals surface area contributed by atoms with Gasteiger partial charge in [0.15, 0.2) is 0 Å². The molecule has 2 atom stereocenters. The highest BCUT2D eigenvalue weighted by Gasteiger charge is 2.28. The lowest BCUT2D eigenvalue weighted by molar-refractivity contribution is -0.146. The molecule has 1 heterocycles. The Hall–Kier alpha value is -0.610. The number of likely N-dealkylation sites (tertiary alicyclic amines) is 1. The first-order valence-corrected chi connectivity index (χ1v) is 6.86. The van der Waals surface area contributed by atoms with Crippen molar-refractivity contribution in [1.29, 1.82) is 0 Å². The summed E-state index contributed by atoms with van der Waals surface area (Å²) in [5.41, 5.74) is 0. The van der Waals surface area contributed by atoms with E-state index in [-0.39, 0.29) is 12.0 Å². The summed E-state index contributed by atoms with van der Waals surface area (Å²) in [5, 5.41) is 3.22. The van der Waals surface area contributed by atoms with Crippen LogP contribution < -0.4 is 5.32 Å². The zero-order valence-corrected chi connectivity index (χ0v) is 11.4. The summed E-state index contributed by atoms with van der Waals surface area (Å²) in [6.45, 7) is 9.24. The molecular weight excluding hydrogens is 216 g/mol. The average molecular weight is 242 g/mol. The summed E-state index contributed by atoms with van der Waals surface area (Å²) < 4.78 is 5.11. The number of hydrogen-bond acceptors (Lipinski definition) is 4. The Morgan fingerprint density at radius 1 is 1.47 bits per heavy atom. The first kappa shape index (κ1) is 14.5. The molecule has 4 heteroatoms. The lowest BCUT2D eigenvalue weighted by Crippen LogP contribution is -2.48. The molecule has 1 aliphatic rings. The summed E-state index contributed by atoms with van der Waals surface area (Å²) in [5.74, 6) is -0.115. The Kier molecular flexibility index (Phi) is 6.52. The standard InChI is InChI=1S/C13H26N2O2/c1-4-11-8-7-9-15(11)10-12(14-5-2)13(16)17-6-3/h11-12,14H,4-10H2,1-3H3. The quantitative estimate of drug-likeness (QED) is 0.685. The molecule has 1 aliphatic heterocycles. The normalized spacial score (nSPS) is 22.6. The van der Waals surface area contributed by atoms with Gasteiger partial charge in [0.25, 0.3) is 0 Å². The van der Waals surface area contributed by atoms with Gasteiger partial charge in [-0.15, -0.1) is 0 Å². The van der Waals surface area contributed by atoms with Gasteiger partial charge in [-0.2, -0.15) is 0 Å². The zero-order valence-electron chi connectivity index (χ0n) is 11.4. The van der Waals surface area contributed by atoms with E-state index in [4.69, 9.17) is 4.74 Å². The number of hydrogen-bond donors (Lipinski definition) is 1. The number of carbonyl (C=O) groups is 1. The molecule has 2 unspecified atom stereocenters. The van der Waals surface area contributed by atoms with Crippen molar-refractivity contribution in [3.05, 3.63) is 0 Å². The number of carbonyl (C=O) groups excluding carboxylic acids is 1. The Bertz CT molecular complexity index is 233. The Morgan fingerprint density at radius 3 is 2.82 bits per heavy atom. The smallest absolute Gasteiger partial charge is 0.324 e. The maximum absolute atomic E-state index is 11.8. The van der Waals surface area contributed by atoms with Crippen molar-refractivity contribution in [1.82, 2.24) is 10.2 Å². The van der Waals surface area contributed by atoms with Crippen molar-refractivity contribution in [2.24, 2.45) is 0 Å². The second-order valence-electron chi connectivity index (χ2n) is 4.56. The molecule has 0 aliphatic carbocycles. The lowest BCUT2D eigenvalue weighted by Gasteiger charge is -2.27. The monoisotopic (exact) mass is 242 g/mol. The second-order valence-corrected chi connectivity index (χ2v) is 4.56. The summed E-state index contributed by atoms with van der Waals surface area (Å²) in [6.07, 6.45) is 3.68. The fourth-order valence-corrected chi connectivity index (χ4v) is 2.54. The summed E-state index contributed by atoms with van der Waals surface area (Å²) >= 11 is 0. The predicted octanol–water partition coefficient (Wildman–Crippen LogP) is 1.40. The van der Waals surface area contributed by atoms with Crippen LogP contribution in [0.15, 0.2) is 0 Å². The molecule has 0 saturated carbocycles. The third-order valence-electron chi connectivity index (χ3n) is 3.41. The van der Waals surface area contributed by atoms with Crippen molar-refractivity contribution in [3.63, 3.8) is 0 Å². The second kappa shape index (κ2) is 7.67. The molecule has 17 heavy (non-hydrogen) atoms. The Morgan fingerprint density at radius 2 is 2.24 bits per heavy atom. The maximum atomic E-state index is 11.8. The van der Waals surface area contributed by atoms with Gasteiger partial charge in [0.05, 0.1) is 6.61 Å². The number of esters is 1. The molecule has 0 aromatic heterocycles. The van der Waals surface area contributed by atoms with Crippen molar-refractivity contribution in [2.45, 2.75) is 52.1 Å². The molecular formula is C13H26N2O2. The van der Waals surface area contributed by atoms with Gasteiger partial charge < -0.3 is 10.1 Å². The molecule has 0 bridgehead atoms. The number of ether oxygens (including phenoxy) is 1. The summed E-state index contributed by atoms with van der Waals surface area (Å²) in [6, 6.07) is 0.470. The van der Waals surface area contributed by atoms with Gasteiger partial charge in [-0.1, -0.05) is 13.8 Å². The van der Waals surface area contributed by atoms with E-state index in [1.54, 1.807) is 0 Å².